The molecule has 92 valence electrons. The highest BCUT2D eigenvalue weighted by molar-refractivity contribution is 6.30. The van der Waals surface area contributed by atoms with E-state index in [2.05, 4.69) is 6.08 Å². The highest BCUT2D eigenvalue weighted by Crippen LogP contribution is 2.29. The molecule has 0 heterocycles. The van der Waals surface area contributed by atoms with Gasteiger partial charge in [0.1, 0.15) is 5.82 Å². The van der Waals surface area contributed by atoms with E-state index in [0.717, 1.165) is 18.4 Å². The maximum Gasteiger partial charge on any atom is 0.141 e. The molecule has 1 aromatic rings. The number of halogens is 2. The Balaban J connectivity index is 2.20. The fourth-order valence-electron chi connectivity index (χ4n) is 2.24. The highest BCUT2D eigenvalue weighted by atomic mass is 35.5. The van der Waals surface area contributed by atoms with Crippen molar-refractivity contribution < 1.29 is 4.39 Å². The molecule has 1 nitrogen and oxygen atoms in total. The predicted octanol–water partition coefficient (Wildman–Crippen LogP) is 4.37. The van der Waals surface area contributed by atoms with Crippen LogP contribution in [0.5, 0.6) is 0 Å². The minimum Gasteiger partial charge on any atom is -0.321 e. The quantitative estimate of drug-likeness (QED) is 0.779. The number of allylic oxidation sites excluding steroid dienone is 1. The Bertz CT molecular complexity index is 428. The maximum absolute atomic E-state index is 13.1. The lowest BCUT2D eigenvalue weighted by Gasteiger charge is -2.16. The van der Waals surface area contributed by atoms with E-state index in [1.54, 1.807) is 12.1 Å². The van der Waals surface area contributed by atoms with Crippen LogP contribution >= 0.6 is 11.6 Å². The monoisotopic (exact) mass is 253 g/mol. The zero-order valence-electron chi connectivity index (χ0n) is 9.76. The molecule has 2 rings (SSSR count). The van der Waals surface area contributed by atoms with Gasteiger partial charge in [-0.15, -0.1) is 0 Å². The lowest BCUT2D eigenvalue weighted by molar-refractivity contribution is 0.626. The van der Waals surface area contributed by atoms with Gasteiger partial charge in [0.05, 0.1) is 11.1 Å². The molecule has 17 heavy (non-hydrogen) atoms. The first-order valence-corrected chi connectivity index (χ1v) is 6.46. The Morgan fingerprint density at radius 1 is 1.24 bits per heavy atom. The van der Waals surface area contributed by atoms with Gasteiger partial charge in [0.25, 0.3) is 0 Å². The van der Waals surface area contributed by atoms with E-state index in [1.165, 1.54) is 30.9 Å². The third-order valence-corrected chi connectivity index (χ3v) is 3.57. The van der Waals surface area contributed by atoms with E-state index >= 15 is 0 Å². The largest absolute Gasteiger partial charge is 0.321 e. The van der Waals surface area contributed by atoms with E-state index in [9.17, 15) is 4.39 Å². The van der Waals surface area contributed by atoms with E-state index in [0.29, 0.717) is 0 Å². The first kappa shape index (κ1) is 12.6. The summed E-state index contributed by atoms with van der Waals surface area (Å²) >= 11 is 5.78. The molecule has 0 saturated carbocycles. The van der Waals surface area contributed by atoms with Gasteiger partial charge in [-0.25, -0.2) is 4.39 Å². The van der Waals surface area contributed by atoms with Gasteiger partial charge in [0.15, 0.2) is 0 Å². The summed E-state index contributed by atoms with van der Waals surface area (Å²) in [7, 11) is 0. The molecular weight excluding hydrogens is 237 g/mol. The molecule has 0 aliphatic heterocycles. The zero-order valence-corrected chi connectivity index (χ0v) is 10.5. The smallest absolute Gasteiger partial charge is 0.141 e. The standard InChI is InChI=1S/C14H17ClFN/c15-12-9-11(7-8-13(12)16)14(17)10-5-3-1-2-4-6-10/h5,7-9,14H,1-4,6,17H2. The normalized spacial score (nSPS) is 18.4. The van der Waals surface area contributed by atoms with Crippen LogP contribution in [0, 0.1) is 5.82 Å². The molecule has 0 radical (unpaired) electrons. The van der Waals surface area contributed by atoms with Crippen LogP contribution in [0.4, 0.5) is 4.39 Å². The van der Waals surface area contributed by atoms with Gasteiger partial charge in [-0.3, -0.25) is 0 Å². The van der Waals surface area contributed by atoms with E-state index in [4.69, 9.17) is 17.3 Å². The summed E-state index contributed by atoms with van der Waals surface area (Å²) < 4.78 is 13.1. The van der Waals surface area contributed by atoms with Crippen molar-refractivity contribution in [3.8, 4) is 0 Å². The average molecular weight is 254 g/mol. The summed E-state index contributed by atoms with van der Waals surface area (Å²) in [6.07, 6.45) is 8.05. The minimum absolute atomic E-state index is 0.146. The summed E-state index contributed by atoms with van der Waals surface area (Å²) in [5.41, 5.74) is 8.36. The van der Waals surface area contributed by atoms with Gasteiger partial charge in [0, 0.05) is 0 Å². The Labute approximate surface area is 106 Å². The van der Waals surface area contributed by atoms with Gasteiger partial charge >= 0.3 is 0 Å². The molecule has 1 atom stereocenters. The second-order valence-corrected chi connectivity index (χ2v) is 4.94. The van der Waals surface area contributed by atoms with Crippen molar-refractivity contribution in [1.82, 2.24) is 0 Å². The second kappa shape index (κ2) is 5.65. The van der Waals surface area contributed by atoms with Gasteiger partial charge in [-0.2, -0.15) is 0 Å². The van der Waals surface area contributed by atoms with Crippen molar-refractivity contribution in [2.24, 2.45) is 5.73 Å². The molecule has 0 spiro atoms. The molecule has 2 N–H and O–H groups in total. The van der Waals surface area contributed by atoms with Crippen LogP contribution in [-0.2, 0) is 0 Å². The fourth-order valence-corrected chi connectivity index (χ4v) is 2.43. The minimum atomic E-state index is -0.391. The summed E-state index contributed by atoms with van der Waals surface area (Å²) in [6, 6.07) is 4.59. The van der Waals surface area contributed by atoms with Gasteiger partial charge in [-0.1, -0.05) is 35.7 Å². The molecule has 1 aliphatic rings. The van der Waals surface area contributed by atoms with Crippen LogP contribution in [0.25, 0.3) is 0 Å². The van der Waals surface area contributed by atoms with Gasteiger partial charge in [0.2, 0.25) is 0 Å². The molecule has 1 unspecified atom stereocenters. The second-order valence-electron chi connectivity index (χ2n) is 4.53. The van der Waals surface area contributed by atoms with Gasteiger partial charge in [-0.05, 0) is 43.4 Å². The Morgan fingerprint density at radius 3 is 2.82 bits per heavy atom. The van der Waals surface area contributed by atoms with Crippen molar-refractivity contribution in [3.63, 3.8) is 0 Å². The Kier molecular flexibility index (Phi) is 4.19. The van der Waals surface area contributed by atoms with Crippen molar-refractivity contribution in [2.75, 3.05) is 0 Å². The predicted molar refractivity (Wildman–Crippen MR) is 69.5 cm³/mol. The van der Waals surface area contributed by atoms with Crippen molar-refractivity contribution >= 4 is 11.6 Å². The molecule has 0 amide bonds. The number of hydrogen-bond donors (Lipinski definition) is 1. The lowest BCUT2D eigenvalue weighted by Crippen LogP contribution is -2.13. The van der Waals surface area contributed by atoms with Crippen LogP contribution in [0.2, 0.25) is 5.02 Å². The fraction of sp³-hybridized carbons (Fsp3) is 0.429. The van der Waals surface area contributed by atoms with Crippen molar-refractivity contribution in [3.05, 3.63) is 46.3 Å². The molecule has 0 aromatic heterocycles. The summed E-state index contributed by atoms with van der Waals surface area (Å²) in [6.45, 7) is 0. The van der Waals surface area contributed by atoms with E-state index in [1.807, 2.05) is 0 Å². The number of nitrogens with two attached hydrogens (primary N) is 1. The summed E-state index contributed by atoms with van der Waals surface area (Å²) in [4.78, 5) is 0. The molecule has 1 aliphatic carbocycles. The Hall–Kier alpha value is -0.860. The Morgan fingerprint density at radius 2 is 2.06 bits per heavy atom. The third-order valence-electron chi connectivity index (χ3n) is 3.28. The summed E-state index contributed by atoms with van der Waals surface area (Å²) in [5, 5.41) is 0.146. The molecular formula is C14H17ClFN. The van der Waals surface area contributed by atoms with Crippen molar-refractivity contribution in [2.45, 2.75) is 38.1 Å². The molecule has 1 aromatic carbocycles. The van der Waals surface area contributed by atoms with E-state index in [-0.39, 0.29) is 11.1 Å². The number of rotatable bonds is 2. The van der Waals surface area contributed by atoms with Crippen LogP contribution in [0.15, 0.2) is 29.8 Å². The van der Waals surface area contributed by atoms with Gasteiger partial charge < -0.3 is 5.73 Å². The topological polar surface area (TPSA) is 26.0 Å². The van der Waals surface area contributed by atoms with E-state index < -0.39 is 5.82 Å². The molecule has 3 heteroatoms. The molecule has 0 saturated heterocycles. The highest BCUT2D eigenvalue weighted by Gasteiger charge is 2.14. The summed E-state index contributed by atoms with van der Waals surface area (Å²) in [5.74, 6) is -0.391. The first-order chi connectivity index (χ1) is 8.18. The lowest BCUT2D eigenvalue weighted by atomic mass is 9.96. The zero-order chi connectivity index (χ0) is 12.3. The van der Waals surface area contributed by atoms with Crippen molar-refractivity contribution in [1.29, 1.82) is 0 Å². The maximum atomic E-state index is 13.1. The average Bonchev–Trinajstić information content (AvgIpc) is 2.60. The molecule has 0 fully saturated rings. The number of benzene rings is 1. The van der Waals surface area contributed by atoms with Crippen LogP contribution < -0.4 is 5.73 Å². The SMILES string of the molecule is NC(C1=CCCCCC1)c1ccc(F)c(Cl)c1. The van der Waals surface area contributed by atoms with Crippen LogP contribution in [0.1, 0.15) is 43.7 Å². The third kappa shape index (κ3) is 3.08. The van der Waals surface area contributed by atoms with Crippen LogP contribution in [0.3, 0.4) is 0 Å². The van der Waals surface area contributed by atoms with Crippen LogP contribution in [-0.4, -0.2) is 0 Å². The first-order valence-electron chi connectivity index (χ1n) is 6.08. The number of hydrogen-bond acceptors (Lipinski definition) is 1. The molecule has 0 bridgehead atoms.